The highest BCUT2D eigenvalue weighted by Gasteiger charge is 2.51. The first-order valence-electron chi connectivity index (χ1n) is 5.65. The van der Waals surface area contributed by atoms with E-state index in [-0.39, 0.29) is 24.2 Å². The minimum absolute atomic E-state index is 0.00347. The van der Waals surface area contributed by atoms with E-state index < -0.39 is 24.0 Å². The highest BCUT2D eigenvalue weighted by molar-refractivity contribution is 5.36. The van der Waals surface area contributed by atoms with Gasteiger partial charge in [0.15, 0.2) is 0 Å². The number of rotatable bonds is 3. The van der Waals surface area contributed by atoms with Gasteiger partial charge in [0.05, 0.1) is 6.54 Å². The van der Waals surface area contributed by atoms with Gasteiger partial charge in [0.2, 0.25) is 0 Å². The molecule has 1 heterocycles. The fourth-order valence-corrected chi connectivity index (χ4v) is 2.31. The van der Waals surface area contributed by atoms with Crippen molar-refractivity contribution in [1.82, 2.24) is 9.78 Å². The number of allylic oxidation sites excluding steroid dienone is 1. The summed E-state index contributed by atoms with van der Waals surface area (Å²) >= 11 is 0. The highest BCUT2D eigenvalue weighted by Crippen LogP contribution is 2.48. The second-order valence-corrected chi connectivity index (χ2v) is 4.86. The molecule has 1 atom stereocenters. The van der Waals surface area contributed by atoms with E-state index in [1.165, 1.54) is 6.92 Å². The van der Waals surface area contributed by atoms with Crippen LogP contribution in [0.3, 0.4) is 0 Å². The van der Waals surface area contributed by atoms with Crippen molar-refractivity contribution in [3.8, 4) is 0 Å². The van der Waals surface area contributed by atoms with Gasteiger partial charge in [-0.1, -0.05) is 19.1 Å². The molecule has 0 fully saturated rings. The molecule has 6 heteroatoms. The quantitative estimate of drug-likeness (QED) is 0.600. The van der Waals surface area contributed by atoms with Crippen molar-refractivity contribution in [3.63, 3.8) is 0 Å². The van der Waals surface area contributed by atoms with Gasteiger partial charge in [0.25, 0.3) is 12.3 Å². The molecule has 1 aliphatic carbocycles. The van der Waals surface area contributed by atoms with Crippen molar-refractivity contribution < 1.29 is 17.6 Å². The monoisotopic (exact) mass is 262 g/mol. The molecule has 0 amide bonds. The van der Waals surface area contributed by atoms with Crippen molar-refractivity contribution in [1.29, 1.82) is 0 Å². The van der Waals surface area contributed by atoms with Gasteiger partial charge >= 0.3 is 0 Å². The van der Waals surface area contributed by atoms with E-state index in [2.05, 4.69) is 11.7 Å². The summed E-state index contributed by atoms with van der Waals surface area (Å²) < 4.78 is 54.6. The fourth-order valence-electron chi connectivity index (χ4n) is 2.31. The molecule has 0 N–H and O–H groups in total. The van der Waals surface area contributed by atoms with Crippen molar-refractivity contribution in [2.75, 3.05) is 0 Å². The van der Waals surface area contributed by atoms with Crippen LogP contribution in [0.4, 0.5) is 17.6 Å². The van der Waals surface area contributed by atoms with E-state index in [4.69, 9.17) is 0 Å². The molecule has 0 aliphatic heterocycles. The van der Waals surface area contributed by atoms with Gasteiger partial charge in [-0.05, 0) is 13.3 Å². The fraction of sp³-hybridized carbons (Fsp3) is 0.583. The molecule has 0 bridgehead atoms. The summed E-state index contributed by atoms with van der Waals surface area (Å²) in [5.41, 5.74) is -0.288. The summed E-state index contributed by atoms with van der Waals surface area (Å²) in [6.45, 7) is 6.65. The number of fused-ring (bicyclic) bond motifs is 1. The summed E-state index contributed by atoms with van der Waals surface area (Å²) in [4.78, 5) is 0. The second kappa shape index (κ2) is 4.10. The molecular formula is C12H14F4N2. The Hall–Kier alpha value is -1.33. The largest absolute Gasteiger partial charge is 0.292 e. The summed E-state index contributed by atoms with van der Waals surface area (Å²) in [6.07, 6.45) is -2.88. The number of halogens is 4. The van der Waals surface area contributed by atoms with Crippen molar-refractivity contribution >= 4 is 0 Å². The zero-order chi connectivity index (χ0) is 13.7. The van der Waals surface area contributed by atoms with Crippen LogP contribution in [0.1, 0.15) is 37.2 Å². The Labute approximate surface area is 102 Å². The molecule has 0 spiro atoms. The van der Waals surface area contributed by atoms with E-state index in [1.54, 1.807) is 6.92 Å². The first-order chi connectivity index (χ1) is 8.25. The van der Waals surface area contributed by atoms with E-state index >= 15 is 0 Å². The molecule has 100 valence electrons. The lowest BCUT2D eigenvalue weighted by Gasteiger charge is -2.17. The van der Waals surface area contributed by atoms with Crippen LogP contribution in [0.15, 0.2) is 12.2 Å². The first-order valence-corrected chi connectivity index (χ1v) is 5.65. The molecular weight excluding hydrogens is 248 g/mol. The van der Waals surface area contributed by atoms with Crippen molar-refractivity contribution in [3.05, 3.63) is 29.1 Å². The number of hydrogen-bond acceptors (Lipinski definition) is 1. The summed E-state index contributed by atoms with van der Waals surface area (Å²) in [6, 6.07) is 0. The lowest BCUT2D eigenvalue weighted by atomic mass is 10.1. The molecule has 2 rings (SSSR count). The van der Waals surface area contributed by atoms with Crippen LogP contribution >= 0.6 is 0 Å². The Balaban J connectivity index is 2.58. The third-order valence-corrected chi connectivity index (χ3v) is 3.15. The lowest BCUT2D eigenvalue weighted by molar-refractivity contribution is -0.0528. The highest BCUT2D eigenvalue weighted by atomic mass is 19.3. The standard InChI is InChI=1S/C12H14F4N2/c1-6(2)5-18-10-8(9(17-18)11(13)14)4-7(3)12(10,15)16/h7,11H,1,4-5H2,2-3H3. The Morgan fingerprint density at radius 2 is 2.17 bits per heavy atom. The Kier molecular flexibility index (Phi) is 2.99. The topological polar surface area (TPSA) is 17.8 Å². The van der Waals surface area contributed by atoms with Gasteiger partial charge in [-0.25, -0.2) is 8.78 Å². The minimum Gasteiger partial charge on any atom is -0.259 e. The van der Waals surface area contributed by atoms with Crippen molar-refractivity contribution in [2.45, 2.75) is 39.2 Å². The second-order valence-electron chi connectivity index (χ2n) is 4.86. The molecule has 1 aromatic heterocycles. The summed E-state index contributed by atoms with van der Waals surface area (Å²) in [7, 11) is 0. The third kappa shape index (κ3) is 1.83. The average molecular weight is 262 g/mol. The molecule has 1 unspecified atom stereocenters. The number of alkyl halides is 4. The molecule has 1 aliphatic rings. The SMILES string of the molecule is C=C(C)Cn1nc(C(F)F)c2c1C(F)(F)C(C)C2. The Bertz CT molecular complexity index is 491. The number of hydrogen-bond donors (Lipinski definition) is 0. The van der Waals surface area contributed by atoms with Crippen LogP contribution in [-0.2, 0) is 18.9 Å². The van der Waals surface area contributed by atoms with Crippen LogP contribution < -0.4 is 0 Å². The van der Waals surface area contributed by atoms with E-state index in [0.29, 0.717) is 5.57 Å². The van der Waals surface area contributed by atoms with Crippen LogP contribution in [0.25, 0.3) is 0 Å². The Morgan fingerprint density at radius 3 is 2.67 bits per heavy atom. The summed E-state index contributed by atoms with van der Waals surface area (Å²) in [5.74, 6) is -4.08. The van der Waals surface area contributed by atoms with Crippen LogP contribution in [0.2, 0.25) is 0 Å². The first kappa shape index (κ1) is 13.1. The van der Waals surface area contributed by atoms with Gasteiger partial charge < -0.3 is 0 Å². The minimum atomic E-state index is -3.11. The number of aromatic nitrogens is 2. The predicted octanol–water partition coefficient (Wildman–Crippen LogP) is 3.68. The van der Waals surface area contributed by atoms with Gasteiger partial charge in [-0.3, -0.25) is 4.68 Å². The smallest absolute Gasteiger partial charge is 0.259 e. The van der Waals surface area contributed by atoms with Gasteiger partial charge in [-0.2, -0.15) is 13.9 Å². The molecule has 0 radical (unpaired) electrons. The maximum absolute atomic E-state index is 14.0. The van der Waals surface area contributed by atoms with Crippen molar-refractivity contribution in [2.24, 2.45) is 5.92 Å². The zero-order valence-corrected chi connectivity index (χ0v) is 10.2. The van der Waals surface area contributed by atoms with E-state index in [9.17, 15) is 17.6 Å². The molecule has 0 saturated heterocycles. The van der Waals surface area contributed by atoms with E-state index in [0.717, 1.165) is 4.68 Å². The van der Waals surface area contributed by atoms with Crippen LogP contribution in [-0.4, -0.2) is 9.78 Å². The maximum Gasteiger partial charge on any atom is 0.292 e. The third-order valence-electron chi connectivity index (χ3n) is 3.15. The Morgan fingerprint density at radius 1 is 1.56 bits per heavy atom. The molecule has 18 heavy (non-hydrogen) atoms. The lowest BCUT2D eigenvalue weighted by Crippen LogP contribution is -2.23. The maximum atomic E-state index is 14.0. The van der Waals surface area contributed by atoms with Crippen LogP contribution in [0.5, 0.6) is 0 Å². The average Bonchev–Trinajstić information content (AvgIpc) is 2.65. The molecule has 2 nitrogen and oxygen atoms in total. The normalized spacial score (nSPS) is 21.4. The van der Waals surface area contributed by atoms with E-state index in [1.807, 2.05) is 0 Å². The number of nitrogens with zero attached hydrogens (tertiary/aromatic N) is 2. The summed E-state index contributed by atoms with van der Waals surface area (Å²) in [5, 5.41) is 3.63. The predicted molar refractivity (Wildman–Crippen MR) is 58.8 cm³/mol. The van der Waals surface area contributed by atoms with Crippen LogP contribution in [0, 0.1) is 5.92 Å². The molecule has 0 saturated carbocycles. The van der Waals surface area contributed by atoms with Gasteiger partial charge in [-0.15, -0.1) is 0 Å². The van der Waals surface area contributed by atoms with Gasteiger partial charge in [0, 0.05) is 11.5 Å². The molecule has 1 aromatic rings. The van der Waals surface area contributed by atoms with Gasteiger partial charge in [0.1, 0.15) is 11.4 Å². The molecule has 0 aromatic carbocycles. The zero-order valence-electron chi connectivity index (χ0n) is 10.2.